The number of pyridine rings is 2. The summed E-state index contributed by atoms with van der Waals surface area (Å²) in [5.41, 5.74) is 1.70. The topological polar surface area (TPSA) is 34.9 Å². The Morgan fingerprint density at radius 2 is 2.17 bits per heavy atom. The second-order valence-electron chi connectivity index (χ2n) is 4.83. The minimum Gasteiger partial charge on any atom is -0.311 e. The molecule has 0 aliphatic carbocycles. The van der Waals surface area contributed by atoms with E-state index in [0.717, 1.165) is 30.2 Å². The summed E-state index contributed by atoms with van der Waals surface area (Å²) in [5.74, 6) is 0. The maximum atomic E-state index is 12.4. The van der Waals surface area contributed by atoms with Gasteiger partial charge in [0.1, 0.15) is 5.52 Å². The summed E-state index contributed by atoms with van der Waals surface area (Å²) in [6, 6.07) is 4.29. The van der Waals surface area contributed by atoms with Gasteiger partial charge in [-0.15, -0.1) is 0 Å². The summed E-state index contributed by atoms with van der Waals surface area (Å²) in [6.07, 6.45) is 6.77. The zero-order valence-corrected chi connectivity index (χ0v) is 11.3. The summed E-state index contributed by atoms with van der Waals surface area (Å²) in [4.78, 5) is 16.7. The molecule has 0 saturated carbocycles. The molecular formula is C15H20N2O. The summed E-state index contributed by atoms with van der Waals surface area (Å²) in [6.45, 7) is 6.26. The molecule has 2 aromatic rings. The second-order valence-corrected chi connectivity index (χ2v) is 4.83. The molecule has 0 N–H and O–H groups in total. The average molecular weight is 244 g/mol. The fraction of sp³-hybridized carbons (Fsp3) is 0.467. The van der Waals surface area contributed by atoms with Gasteiger partial charge in [-0.1, -0.05) is 20.3 Å². The molecule has 2 rings (SSSR count). The van der Waals surface area contributed by atoms with Crippen molar-refractivity contribution >= 4 is 10.9 Å². The van der Waals surface area contributed by atoms with Gasteiger partial charge in [-0.3, -0.25) is 9.78 Å². The van der Waals surface area contributed by atoms with Crippen LogP contribution in [0, 0.1) is 6.92 Å². The third-order valence-corrected chi connectivity index (χ3v) is 3.39. The number of aromatic nitrogens is 2. The first-order chi connectivity index (χ1) is 8.67. The van der Waals surface area contributed by atoms with E-state index in [0.29, 0.717) is 5.52 Å². The van der Waals surface area contributed by atoms with E-state index in [4.69, 9.17) is 0 Å². The molecule has 0 aliphatic rings. The van der Waals surface area contributed by atoms with Crippen LogP contribution in [0.3, 0.4) is 0 Å². The first-order valence-electron chi connectivity index (χ1n) is 6.64. The summed E-state index contributed by atoms with van der Waals surface area (Å²) in [5, 5.41) is 0.933. The van der Waals surface area contributed by atoms with Gasteiger partial charge in [0.05, 0.1) is 0 Å². The van der Waals surface area contributed by atoms with Gasteiger partial charge >= 0.3 is 0 Å². The lowest BCUT2D eigenvalue weighted by molar-refractivity contribution is 0.438. The lowest BCUT2D eigenvalue weighted by atomic mass is 10.1. The molecule has 18 heavy (non-hydrogen) atoms. The van der Waals surface area contributed by atoms with Crippen LogP contribution in [0.4, 0.5) is 0 Å². The zero-order chi connectivity index (χ0) is 13.1. The molecule has 1 atom stereocenters. The van der Waals surface area contributed by atoms with Crippen LogP contribution in [0.1, 0.15) is 44.7 Å². The second kappa shape index (κ2) is 5.34. The number of nitrogens with zero attached hydrogens (tertiary/aromatic N) is 2. The van der Waals surface area contributed by atoms with E-state index < -0.39 is 0 Å². The van der Waals surface area contributed by atoms with E-state index in [2.05, 4.69) is 18.8 Å². The minimum atomic E-state index is 0.0350. The molecule has 2 heterocycles. The van der Waals surface area contributed by atoms with Crippen molar-refractivity contribution in [3.8, 4) is 0 Å². The Hall–Kier alpha value is -1.64. The Morgan fingerprint density at radius 1 is 1.39 bits per heavy atom. The van der Waals surface area contributed by atoms with Crippen LogP contribution in [0.15, 0.2) is 29.3 Å². The Labute approximate surface area is 107 Å². The number of hydrogen-bond acceptors (Lipinski definition) is 2. The molecular weight excluding hydrogens is 224 g/mol. The Balaban J connectivity index is 2.57. The quantitative estimate of drug-likeness (QED) is 0.825. The number of aryl methyl sites for hydroxylation is 1. The largest absolute Gasteiger partial charge is 0.311 e. The summed E-state index contributed by atoms with van der Waals surface area (Å²) >= 11 is 0. The number of fused-ring (bicyclic) bond motifs is 1. The summed E-state index contributed by atoms with van der Waals surface area (Å²) in [7, 11) is 0. The van der Waals surface area contributed by atoms with Crippen molar-refractivity contribution in [2.24, 2.45) is 0 Å². The van der Waals surface area contributed by atoms with Crippen LogP contribution in [0.5, 0.6) is 0 Å². The Morgan fingerprint density at radius 3 is 2.83 bits per heavy atom. The molecule has 0 saturated heterocycles. The predicted octanol–water partition coefficient (Wildman–Crippen LogP) is 3.46. The Kier molecular flexibility index (Phi) is 3.80. The molecule has 2 aromatic heterocycles. The highest BCUT2D eigenvalue weighted by Crippen LogP contribution is 2.17. The van der Waals surface area contributed by atoms with E-state index in [1.165, 1.54) is 0 Å². The maximum absolute atomic E-state index is 12.4. The molecule has 0 spiro atoms. The van der Waals surface area contributed by atoms with Crippen LogP contribution in [-0.2, 0) is 0 Å². The smallest absolute Gasteiger partial charge is 0.277 e. The van der Waals surface area contributed by atoms with Crippen LogP contribution in [-0.4, -0.2) is 9.55 Å². The van der Waals surface area contributed by atoms with Crippen molar-refractivity contribution in [2.75, 3.05) is 0 Å². The van der Waals surface area contributed by atoms with Crippen molar-refractivity contribution in [1.82, 2.24) is 9.55 Å². The predicted molar refractivity (Wildman–Crippen MR) is 75.0 cm³/mol. The van der Waals surface area contributed by atoms with E-state index in [1.807, 2.05) is 29.8 Å². The molecule has 0 amide bonds. The highest BCUT2D eigenvalue weighted by atomic mass is 16.1. The lowest BCUT2D eigenvalue weighted by Crippen LogP contribution is -2.24. The van der Waals surface area contributed by atoms with Crippen molar-refractivity contribution in [3.05, 3.63) is 40.4 Å². The molecule has 3 heteroatoms. The van der Waals surface area contributed by atoms with Gasteiger partial charge in [0.25, 0.3) is 5.56 Å². The first kappa shape index (κ1) is 12.8. The molecule has 0 aromatic carbocycles. The van der Waals surface area contributed by atoms with Crippen LogP contribution in [0.2, 0.25) is 0 Å². The molecule has 0 aliphatic heterocycles. The van der Waals surface area contributed by atoms with E-state index >= 15 is 0 Å². The van der Waals surface area contributed by atoms with Crippen molar-refractivity contribution < 1.29 is 0 Å². The van der Waals surface area contributed by atoms with Crippen LogP contribution < -0.4 is 5.56 Å². The van der Waals surface area contributed by atoms with Gasteiger partial charge in [-0.05, 0) is 37.5 Å². The van der Waals surface area contributed by atoms with Gasteiger partial charge in [-0.25, -0.2) is 0 Å². The number of hydrogen-bond donors (Lipinski definition) is 0. The fourth-order valence-corrected chi connectivity index (χ4v) is 2.41. The zero-order valence-electron chi connectivity index (χ0n) is 11.3. The molecule has 0 fully saturated rings. The van der Waals surface area contributed by atoms with Gasteiger partial charge in [0.2, 0.25) is 0 Å². The standard InChI is InChI=1S/C15H20N2O/c1-4-6-13(5-2)17-8-7-12-9-11(3)10-16-14(12)15(17)18/h7-10,13H,4-6H2,1-3H3. The fourth-order valence-electron chi connectivity index (χ4n) is 2.41. The van der Waals surface area contributed by atoms with E-state index in [-0.39, 0.29) is 11.6 Å². The highest BCUT2D eigenvalue weighted by Gasteiger charge is 2.11. The third kappa shape index (κ3) is 2.30. The minimum absolute atomic E-state index is 0.0350. The van der Waals surface area contributed by atoms with Crippen molar-refractivity contribution in [3.63, 3.8) is 0 Å². The molecule has 0 radical (unpaired) electrons. The lowest BCUT2D eigenvalue weighted by Gasteiger charge is -2.17. The number of rotatable bonds is 4. The van der Waals surface area contributed by atoms with Gasteiger partial charge < -0.3 is 4.57 Å². The SMILES string of the molecule is CCCC(CC)n1ccc2cc(C)cnc2c1=O. The highest BCUT2D eigenvalue weighted by molar-refractivity contribution is 5.77. The van der Waals surface area contributed by atoms with Gasteiger partial charge in [0.15, 0.2) is 0 Å². The molecule has 96 valence electrons. The average Bonchev–Trinajstić information content (AvgIpc) is 2.37. The van der Waals surface area contributed by atoms with Gasteiger partial charge in [-0.2, -0.15) is 0 Å². The summed E-state index contributed by atoms with van der Waals surface area (Å²) < 4.78 is 1.84. The van der Waals surface area contributed by atoms with E-state index in [1.54, 1.807) is 6.20 Å². The van der Waals surface area contributed by atoms with Crippen molar-refractivity contribution in [2.45, 2.75) is 46.1 Å². The normalized spacial score (nSPS) is 12.8. The Bertz CT molecular complexity index is 601. The van der Waals surface area contributed by atoms with Crippen LogP contribution >= 0.6 is 0 Å². The first-order valence-corrected chi connectivity index (χ1v) is 6.64. The molecule has 3 nitrogen and oxygen atoms in total. The van der Waals surface area contributed by atoms with E-state index in [9.17, 15) is 4.79 Å². The van der Waals surface area contributed by atoms with Gasteiger partial charge in [0, 0.05) is 23.8 Å². The monoisotopic (exact) mass is 244 g/mol. The molecule has 0 bridgehead atoms. The van der Waals surface area contributed by atoms with Crippen LogP contribution in [0.25, 0.3) is 10.9 Å². The van der Waals surface area contributed by atoms with Crippen molar-refractivity contribution in [1.29, 1.82) is 0 Å². The molecule has 1 unspecified atom stereocenters. The third-order valence-electron chi connectivity index (χ3n) is 3.39. The maximum Gasteiger partial charge on any atom is 0.277 e.